The first-order valence-electron chi connectivity index (χ1n) is 6.50. The van der Waals surface area contributed by atoms with Crippen LogP contribution in [0.2, 0.25) is 0 Å². The van der Waals surface area contributed by atoms with Gasteiger partial charge in [-0.1, -0.05) is 5.16 Å². The summed E-state index contributed by atoms with van der Waals surface area (Å²) >= 11 is 0. The van der Waals surface area contributed by atoms with Crippen LogP contribution in [0.1, 0.15) is 18.7 Å². The summed E-state index contributed by atoms with van der Waals surface area (Å²) in [6, 6.07) is 4.15. The maximum atomic E-state index is 5.94. The lowest BCUT2D eigenvalue weighted by atomic mass is 10.1. The zero-order valence-corrected chi connectivity index (χ0v) is 13.4. The smallest absolute Gasteiger partial charge is 0.261 e. The molecule has 1 aliphatic heterocycles. The van der Waals surface area contributed by atoms with Crippen molar-refractivity contribution < 1.29 is 4.52 Å². The molecule has 0 radical (unpaired) electrons. The second kappa shape index (κ2) is 7.59. The average Bonchev–Trinajstić information content (AvgIpc) is 2.86. The number of anilines is 1. The molecule has 0 aromatic carbocycles. The summed E-state index contributed by atoms with van der Waals surface area (Å²) in [5, 5.41) is 3.84. The topological polar surface area (TPSA) is 81.1 Å². The van der Waals surface area contributed by atoms with E-state index in [1.54, 1.807) is 6.20 Å². The first-order chi connectivity index (χ1) is 9.24. The first-order valence-corrected chi connectivity index (χ1v) is 6.50. The van der Waals surface area contributed by atoms with Gasteiger partial charge in [0, 0.05) is 25.3 Å². The van der Waals surface area contributed by atoms with E-state index in [9.17, 15) is 0 Å². The van der Waals surface area contributed by atoms with Crippen molar-refractivity contribution in [3.8, 4) is 11.5 Å². The van der Waals surface area contributed by atoms with Crippen molar-refractivity contribution in [1.29, 1.82) is 0 Å². The van der Waals surface area contributed by atoms with Crippen LogP contribution in [0.5, 0.6) is 0 Å². The number of aryl methyl sites for hydroxylation is 1. The third-order valence-corrected chi connectivity index (χ3v) is 3.38. The van der Waals surface area contributed by atoms with Crippen molar-refractivity contribution in [3.63, 3.8) is 0 Å². The van der Waals surface area contributed by atoms with Crippen LogP contribution in [0.4, 0.5) is 5.82 Å². The lowest BCUT2D eigenvalue weighted by Crippen LogP contribution is -2.40. The van der Waals surface area contributed by atoms with Gasteiger partial charge in [-0.25, -0.2) is 4.98 Å². The highest BCUT2D eigenvalue weighted by atomic mass is 35.5. The van der Waals surface area contributed by atoms with Crippen LogP contribution in [0, 0.1) is 6.92 Å². The summed E-state index contributed by atoms with van der Waals surface area (Å²) in [6.45, 7) is 3.64. The Balaban J connectivity index is 0.00000110. The molecule has 0 unspecified atom stereocenters. The molecule has 2 N–H and O–H groups in total. The minimum atomic E-state index is 0. The van der Waals surface area contributed by atoms with E-state index in [-0.39, 0.29) is 24.8 Å². The fourth-order valence-electron chi connectivity index (χ4n) is 2.33. The summed E-state index contributed by atoms with van der Waals surface area (Å²) < 4.78 is 5.25. The quantitative estimate of drug-likeness (QED) is 0.908. The lowest BCUT2D eigenvalue weighted by molar-refractivity contribution is 0.425. The number of pyridine rings is 1. The van der Waals surface area contributed by atoms with Crippen LogP contribution in [0.15, 0.2) is 22.9 Å². The molecule has 1 fully saturated rings. The normalized spacial score (nSPS) is 15.2. The minimum absolute atomic E-state index is 0. The van der Waals surface area contributed by atoms with Crippen LogP contribution in [-0.4, -0.2) is 34.3 Å². The van der Waals surface area contributed by atoms with Crippen molar-refractivity contribution in [2.45, 2.75) is 25.8 Å². The molecule has 0 bridgehead atoms. The van der Waals surface area contributed by atoms with E-state index in [1.807, 2.05) is 19.1 Å². The molecule has 0 amide bonds. The second-order valence-corrected chi connectivity index (χ2v) is 4.85. The monoisotopic (exact) mass is 331 g/mol. The molecular weight excluding hydrogens is 313 g/mol. The summed E-state index contributed by atoms with van der Waals surface area (Å²) in [7, 11) is 0. The number of nitrogens with zero attached hydrogens (tertiary/aromatic N) is 4. The SMILES string of the molecule is Cc1noc(-c2cccnc2N2CCC(N)CC2)n1.Cl.Cl. The van der Waals surface area contributed by atoms with Crippen molar-refractivity contribution in [2.75, 3.05) is 18.0 Å². The summed E-state index contributed by atoms with van der Waals surface area (Å²) in [5.74, 6) is 2.05. The average molecular weight is 332 g/mol. The molecule has 2 aromatic heterocycles. The molecule has 1 saturated heterocycles. The summed E-state index contributed by atoms with van der Waals surface area (Å²) in [6.07, 6.45) is 3.76. The Bertz CT molecular complexity index is 569. The van der Waals surface area contributed by atoms with Gasteiger partial charge in [0.05, 0.1) is 5.56 Å². The molecule has 6 nitrogen and oxygen atoms in total. The molecule has 8 heteroatoms. The standard InChI is InChI=1S/C13H17N5O.2ClH/c1-9-16-13(19-17-9)11-3-2-6-15-12(11)18-7-4-10(14)5-8-18;;/h2-3,6,10H,4-5,7-8,14H2,1H3;2*1H. The van der Waals surface area contributed by atoms with Gasteiger partial charge in [0.15, 0.2) is 5.82 Å². The maximum absolute atomic E-state index is 5.94. The number of piperidine rings is 1. The Kier molecular flexibility index (Phi) is 6.39. The number of hydrogen-bond acceptors (Lipinski definition) is 6. The molecule has 3 heterocycles. The Hall–Kier alpha value is -1.37. The molecule has 0 spiro atoms. The Morgan fingerprint density at radius 3 is 2.62 bits per heavy atom. The predicted octanol–water partition coefficient (Wildman–Crippen LogP) is 2.21. The van der Waals surface area contributed by atoms with E-state index < -0.39 is 0 Å². The Labute approximate surface area is 135 Å². The van der Waals surface area contributed by atoms with Gasteiger partial charge < -0.3 is 15.2 Å². The number of halogens is 2. The zero-order chi connectivity index (χ0) is 13.2. The van der Waals surface area contributed by atoms with Crippen molar-refractivity contribution in [1.82, 2.24) is 15.1 Å². The van der Waals surface area contributed by atoms with E-state index in [0.717, 1.165) is 37.3 Å². The van der Waals surface area contributed by atoms with E-state index in [4.69, 9.17) is 10.3 Å². The number of nitrogens with two attached hydrogens (primary N) is 1. The van der Waals surface area contributed by atoms with E-state index >= 15 is 0 Å². The van der Waals surface area contributed by atoms with Gasteiger partial charge in [-0.2, -0.15) is 4.98 Å². The molecule has 116 valence electrons. The fourth-order valence-corrected chi connectivity index (χ4v) is 2.33. The molecular formula is C13H19Cl2N5O. The highest BCUT2D eigenvalue weighted by Gasteiger charge is 2.22. The largest absolute Gasteiger partial charge is 0.356 e. The van der Waals surface area contributed by atoms with Crippen molar-refractivity contribution >= 4 is 30.6 Å². The highest BCUT2D eigenvalue weighted by molar-refractivity contribution is 5.85. The highest BCUT2D eigenvalue weighted by Crippen LogP contribution is 2.29. The van der Waals surface area contributed by atoms with Crippen LogP contribution in [0.25, 0.3) is 11.5 Å². The third kappa shape index (κ3) is 3.84. The number of rotatable bonds is 2. The lowest BCUT2D eigenvalue weighted by Gasteiger charge is -2.31. The summed E-state index contributed by atoms with van der Waals surface area (Å²) in [4.78, 5) is 11.0. The number of aromatic nitrogens is 3. The van der Waals surface area contributed by atoms with Crippen molar-refractivity contribution in [3.05, 3.63) is 24.2 Å². The van der Waals surface area contributed by atoms with Gasteiger partial charge in [0.1, 0.15) is 5.82 Å². The number of hydrogen-bond donors (Lipinski definition) is 1. The fraction of sp³-hybridized carbons (Fsp3) is 0.462. The van der Waals surface area contributed by atoms with Crippen LogP contribution < -0.4 is 10.6 Å². The van der Waals surface area contributed by atoms with Crippen LogP contribution in [-0.2, 0) is 0 Å². The molecule has 0 atom stereocenters. The molecule has 3 rings (SSSR count). The first kappa shape index (κ1) is 17.7. The molecule has 0 aliphatic carbocycles. The molecule has 21 heavy (non-hydrogen) atoms. The van der Waals surface area contributed by atoms with Crippen molar-refractivity contribution in [2.24, 2.45) is 5.73 Å². The van der Waals surface area contributed by atoms with Gasteiger partial charge >= 0.3 is 0 Å². The third-order valence-electron chi connectivity index (χ3n) is 3.38. The Morgan fingerprint density at radius 2 is 2.00 bits per heavy atom. The van der Waals surface area contributed by atoms with E-state index in [2.05, 4.69) is 20.0 Å². The second-order valence-electron chi connectivity index (χ2n) is 4.85. The maximum Gasteiger partial charge on any atom is 0.261 e. The van der Waals surface area contributed by atoms with E-state index in [1.165, 1.54) is 0 Å². The zero-order valence-electron chi connectivity index (χ0n) is 11.7. The van der Waals surface area contributed by atoms with Crippen LogP contribution in [0.3, 0.4) is 0 Å². The molecule has 0 saturated carbocycles. The van der Waals surface area contributed by atoms with Gasteiger partial charge in [-0.05, 0) is 31.9 Å². The van der Waals surface area contributed by atoms with Crippen LogP contribution >= 0.6 is 24.8 Å². The predicted molar refractivity (Wildman–Crippen MR) is 86.2 cm³/mol. The van der Waals surface area contributed by atoms with Gasteiger partial charge in [0.25, 0.3) is 5.89 Å². The Morgan fingerprint density at radius 1 is 1.29 bits per heavy atom. The minimum Gasteiger partial charge on any atom is -0.356 e. The van der Waals surface area contributed by atoms with E-state index in [0.29, 0.717) is 17.8 Å². The van der Waals surface area contributed by atoms with Gasteiger partial charge in [0.2, 0.25) is 0 Å². The van der Waals surface area contributed by atoms with Gasteiger partial charge in [-0.15, -0.1) is 24.8 Å². The molecule has 1 aliphatic rings. The molecule has 2 aromatic rings. The van der Waals surface area contributed by atoms with Gasteiger partial charge in [-0.3, -0.25) is 0 Å². The summed E-state index contributed by atoms with van der Waals surface area (Å²) in [5.41, 5.74) is 6.83.